The Hall–Kier alpha value is -3.75. The molecule has 42 heavy (non-hydrogen) atoms. The number of hydrogen-bond acceptors (Lipinski definition) is 5. The summed E-state index contributed by atoms with van der Waals surface area (Å²) in [6.07, 6.45) is 6.20. The van der Waals surface area contributed by atoms with Crippen LogP contribution in [-0.4, -0.2) is 71.3 Å². The Morgan fingerprint density at radius 1 is 1.05 bits per heavy atom. The van der Waals surface area contributed by atoms with Crippen LogP contribution in [0.4, 0.5) is 15.3 Å². The number of aryl methyl sites for hydroxylation is 2. The molecule has 228 valence electrons. The average molecular weight is 579 g/mol. The van der Waals surface area contributed by atoms with Gasteiger partial charge in [0.1, 0.15) is 5.75 Å². The molecule has 0 saturated carbocycles. The van der Waals surface area contributed by atoms with E-state index in [-0.39, 0.29) is 30.2 Å². The van der Waals surface area contributed by atoms with Crippen molar-refractivity contribution in [3.63, 3.8) is 0 Å². The van der Waals surface area contributed by atoms with E-state index in [2.05, 4.69) is 17.6 Å². The second-order valence-electron chi connectivity index (χ2n) is 11.6. The van der Waals surface area contributed by atoms with Crippen molar-refractivity contribution in [2.45, 2.75) is 90.7 Å². The van der Waals surface area contributed by atoms with Crippen LogP contribution in [0.2, 0.25) is 0 Å². The lowest BCUT2D eigenvalue weighted by molar-refractivity contribution is -0.130. The number of nitrogens with one attached hydrogen (secondary N) is 2. The van der Waals surface area contributed by atoms with Gasteiger partial charge in [-0.15, -0.1) is 0 Å². The molecular weight excluding hydrogens is 532 g/mol. The summed E-state index contributed by atoms with van der Waals surface area (Å²) in [5, 5.41) is 16.2. The van der Waals surface area contributed by atoms with Gasteiger partial charge in [0.2, 0.25) is 0 Å². The SMILES string of the molecule is CCCCCCCNC(=O)C(Cc1cc(C)c(O)c(C)c1)OC(=O)N1CCC(N2CCc3ccccc3NC2=O)CC1. The van der Waals surface area contributed by atoms with E-state index >= 15 is 0 Å². The molecule has 1 fully saturated rings. The number of amides is 4. The van der Waals surface area contributed by atoms with Crippen LogP contribution >= 0.6 is 0 Å². The summed E-state index contributed by atoms with van der Waals surface area (Å²) in [7, 11) is 0. The third-order valence-electron chi connectivity index (χ3n) is 8.39. The minimum atomic E-state index is -0.982. The number of carbonyl (C=O) groups is 3. The van der Waals surface area contributed by atoms with Crippen LogP contribution in [0.25, 0.3) is 0 Å². The minimum absolute atomic E-state index is 0.0260. The summed E-state index contributed by atoms with van der Waals surface area (Å²) in [6, 6.07) is 11.5. The van der Waals surface area contributed by atoms with Crippen molar-refractivity contribution < 1.29 is 24.2 Å². The smallest absolute Gasteiger partial charge is 0.410 e. The topological polar surface area (TPSA) is 111 Å². The van der Waals surface area contributed by atoms with Crippen molar-refractivity contribution in [3.05, 3.63) is 58.7 Å². The fraction of sp³-hybridized carbons (Fsp3) is 0.545. The summed E-state index contributed by atoms with van der Waals surface area (Å²) in [5.41, 5.74) is 4.24. The van der Waals surface area contributed by atoms with Gasteiger partial charge >= 0.3 is 12.1 Å². The van der Waals surface area contributed by atoms with Crippen LogP contribution < -0.4 is 10.6 Å². The van der Waals surface area contributed by atoms with E-state index in [1.54, 1.807) is 4.90 Å². The third-order valence-corrected chi connectivity index (χ3v) is 8.39. The van der Waals surface area contributed by atoms with Gasteiger partial charge < -0.3 is 30.3 Å². The molecule has 2 heterocycles. The number of para-hydroxylation sites is 1. The molecule has 0 aliphatic carbocycles. The predicted molar refractivity (Wildman–Crippen MR) is 164 cm³/mol. The van der Waals surface area contributed by atoms with Crippen LogP contribution in [0.15, 0.2) is 36.4 Å². The first-order valence-electron chi connectivity index (χ1n) is 15.4. The molecule has 1 saturated heterocycles. The number of phenolic OH excluding ortho intramolecular Hbond substituents is 1. The Morgan fingerprint density at radius 2 is 1.74 bits per heavy atom. The van der Waals surface area contributed by atoms with Crippen LogP contribution in [0.3, 0.4) is 0 Å². The lowest BCUT2D eigenvalue weighted by Gasteiger charge is -2.37. The Morgan fingerprint density at radius 3 is 2.45 bits per heavy atom. The molecule has 2 aromatic rings. The first-order chi connectivity index (χ1) is 20.3. The molecule has 0 bridgehead atoms. The molecular formula is C33H46N4O5. The molecule has 9 heteroatoms. The molecule has 4 amide bonds. The highest BCUT2D eigenvalue weighted by Crippen LogP contribution is 2.26. The maximum Gasteiger partial charge on any atom is 0.410 e. The quantitative estimate of drug-likeness (QED) is 0.296. The summed E-state index contributed by atoms with van der Waals surface area (Å²) < 4.78 is 5.84. The van der Waals surface area contributed by atoms with Gasteiger partial charge in [0.05, 0.1) is 0 Å². The monoisotopic (exact) mass is 578 g/mol. The molecule has 4 rings (SSSR count). The number of phenols is 1. The van der Waals surface area contributed by atoms with Crippen molar-refractivity contribution >= 4 is 23.7 Å². The lowest BCUT2D eigenvalue weighted by Crippen LogP contribution is -2.51. The Bertz CT molecular complexity index is 1220. The first-order valence-corrected chi connectivity index (χ1v) is 15.4. The zero-order valence-corrected chi connectivity index (χ0v) is 25.3. The number of anilines is 1. The molecule has 2 aromatic carbocycles. The van der Waals surface area contributed by atoms with Gasteiger partial charge in [-0.2, -0.15) is 0 Å². The number of carbonyl (C=O) groups excluding carboxylic acids is 3. The summed E-state index contributed by atoms with van der Waals surface area (Å²) >= 11 is 0. The van der Waals surface area contributed by atoms with E-state index < -0.39 is 12.2 Å². The number of piperidine rings is 1. The number of rotatable bonds is 11. The highest BCUT2D eigenvalue weighted by atomic mass is 16.6. The summed E-state index contributed by atoms with van der Waals surface area (Å²) in [4.78, 5) is 43.0. The van der Waals surface area contributed by atoms with E-state index in [4.69, 9.17) is 4.74 Å². The van der Waals surface area contributed by atoms with Gasteiger partial charge in [-0.1, -0.05) is 62.9 Å². The summed E-state index contributed by atoms with van der Waals surface area (Å²) in [5.74, 6) is -0.0772. The Labute approximate surface area is 249 Å². The highest BCUT2D eigenvalue weighted by Gasteiger charge is 2.33. The molecule has 3 N–H and O–H groups in total. The fourth-order valence-corrected chi connectivity index (χ4v) is 5.91. The standard InChI is InChI=1S/C33H46N4O5/c1-4-5-6-7-10-16-34-31(39)29(22-25-20-23(2)30(38)24(3)21-25)42-33(41)36-17-14-27(15-18-36)37-19-13-26-11-8-9-12-28(26)35-32(37)40/h8-9,11-12,20-21,27,29,38H,4-7,10,13-19,22H2,1-3H3,(H,34,39)(H,35,40). The fourth-order valence-electron chi connectivity index (χ4n) is 5.91. The van der Waals surface area contributed by atoms with Gasteiger partial charge in [-0.25, -0.2) is 9.59 Å². The van der Waals surface area contributed by atoms with Crippen molar-refractivity contribution in [2.24, 2.45) is 0 Å². The molecule has 2 aliphatic rings. The normalized spacial score (nSPS) is 16.3. The van der Waals surface area contributed by atoms with Gasteiger partial charge in [-0.3, -0.25) is 4.79 Å². The second-order valence-corrected chi connectivity index (χ2v) is 11.6. The molecule has 0 spiro atoms. The molecule has 9 nitrogen and oxygen atoms in total. The minimum Gasteiger partial charge on any atom is -0.507 e. The number of aromatic hydroxyl groups is 1. The molecule has 1 unspecified atom stereocenters. The second kappa shape index (κ2) is 14.9. The van der Waals surface area contributed by atoms with Crippen molar-refractivity contribution in [2.75, 3.05) is 31.5 Å². The number of hydrogen-bond donors (Lipinski definition) is 3. The van der Waals surface area contributed by atoms with Crippen molar-refractivity contribution in [1.29, 1.82) is 0 Å². The van der Waals surface area contributed by atoms with Gasteiger partial charge in [0.15, 0.2) is 6.10 Å². The molecule has 2 aliphatic heterocycles. The van der Waals surface area contributed by atoms with E-state index in [9.17, 15) is 19.5 Å². The van der Waals surface area contributed by atoms with Crippen LogP contribution in [0.1, 0.15) is 74.1 Å². The predicted octanol–water partition coefficient (Wildman–Crippen LogP) is 5.70. The Balaban J connectivity index is 1.35. The van der Waals surface area contributed by atoms with Gasteiger partial charge in [0.25, 0.3) is 5.91 Å². The highest BCUT2D eigenvalue weighted by molar-refractivity contribution is 5.91. The number of unbranched alkanes of at least 4 members (excludes halogenated alkanes) is 4. The summed E-state index contributed by atoms with van der Waals surface area (Å²) in [6.45, 7) is 7.86. The van der Waals surface area contributed by atoms with Crippen molar-refractivity contribution in [3.8, 4) is 5.75 Å². The van der Waals surface area contributed by atoms with E-state index in [1.807, 2.05) is 55.1 Å². The number of ether oxygens (including phenoxy) is 1. The number of benzene rings is 2. The average Bonchev–Trinajstić information content (AvgIpc) is 3.15. The molecule has 0 aromatic heterocycles. The largest absolute Gasteiger partial charge is 0.507 e. The van der Waals surface area contributed by atoms with Gasteiger partial charge in [0, 0.05) is 44.3 Å². The van der Waals surface area contributed by atoms with E-state index in [1.165, 1.54) is 6.42 Å². The third kappa shape index (κ3) is 8.17. The number of fused-ring (bicyclic) bond motifs is 1. The van der Waals surface area contributed by atoms with Crippen LogP contribution in [-0.2, 0) is 22.4 Å². The lowest BCUT2D eigenvalue weighted by atomic mass is 10.0. The zero-order chi connectivity index (χ0) is 30.1. The zero-order valence-electron chi connectivity index (χ0n) is 25.3. The molecule has 0 radical (unpaired) electrons. The maximum absolute atomic E-state index is 13.3. The van der Waals surface area contributed by atoms with Crippen molar-refractivity contribution in [1.82, 2.24) is 15.1 Å². The number of likely N-dealkylation sites (tertiary alicyclic amines) is 1. The van der Waals surface area contributed by atoms with Crippen LogP contribution in [0, 0.1) is 13.8 Å². The number of urea groups is 1. The van der Waals surface area contributed by atoms with E-state index in [0.29, 0.717) is 50.1 Å². The first kappa shape index (κ1) is 31.2. The Kier molecular flexibility index (Phi) is 11.1. The number of nitrogens with zero attached hydrogens (tertiary/aromatic N) is 2. The maximum atomic E-state index is 13.3. The van der Waals surface area contributed by atoms with Gasteiger partial charge in [-0.05, 0) is 67.9 Å². The van der Waals surface area contributed by atoms with Crippen LogP contribution in [0.5, 0.6) is 5.75 Å². The van der Waals surface area contributed by atoms with E-state index in [0.717, 1.165) is 48.9 Å². The molecule has 1 atom stereocenters.